The first-order valence-electron chi connectivity index (χ1n) is 24.0. The molecule has 2 heterocycles. The van der Waals surface area contributed by atoms with Crippen molar-refractivity contribution >= 4 is 5.91 Å². The molecule has 0 saturated carbocycles. The molecule has 70 heavy (non-hydrogen) atoms. The van der Waals surface area contributed by atoms with Gasteiger partial charge in [-0.1, -0.05) is 126 Å². The van der Waals surface area contributed by atoms with Crippen LogP contribution < -0.4 is 67.5 Å². The predicted molar refractivity (Wildman–Crippen MR) is 261 cm³/mol. The van der Waals surface area contributed by atoms with Crippen LogP contribution >= 0.6 is 0 Å². The number of nitrogens with one attached hydrogen (secondary N) is 1. The zero-order valence-electron chi connectivity index (χ0n) is 43.3. The minimum Gasteiger partial charge on any atom is -0.850 e. The molecule has 1 amide bonds. The molecule has 16 nitrogen and oxygen atoms in total. The number of allylic oxidation sites excluding steroid dienone is 1. The molecular weight excluding hydrogens is 949 g/mol. The average Bonchev–Trinajstić information content (AvgIpc) is 3.27. The maximum Gasteiger partial charge on any atom is 1.00 e. The Morgan fingerprint density at radius 1 is 0.757 bits per heavy atom. The molecule has 414 valence electrons. The van der Waals surface area contributed by atoms with E-state index in [-0.39, 0.29) is 105 Å². The van der Waals surface area contributed by atoms with E-state index >= 15 is 0 Å². The average molecular weight is 1050 g/mol. The van der Waals surface area contributed by atoms with Crippen molar-refractivity contribution in [1.29, 1.82) is 0 Å². The molecule has 0 spiro atoms. The summed E-state index contributed by atoms with van der Waals surface area (Å²) in [6.07, 6.45) is 6.95. The van der Waals surface area contributed by atoms with Gasteiger partial charge in [-0.25, -0.2) is 0 Å². The van der Waals surface area contributed by atoms with Crippen molar-refractivity contribution in [3.8, 4) is 0 Å². The summed E-state index contributed by atoms with van der Waals surface area (Å²) in [6.45, 7) is 15.3. The second-order valence-electron chi connectivity index (χ2n) is 17.8. The van der Waals surface area contributed by atoms with Crippen LogP contribution in [0.2, 0.25) is 0 Å². The normalized spacial score (nSPS) is 25.3. The summed E-state index contributed by atoms with van der Waals surface area (Å²) in [5.41, 5.74) is 5.50. The van der Waals surface area contributed by atoms with Crippen LogP contribution in [0.15, 0.2) is 25.0 Å². The van der Waals surface area contributed by atoms with E-state index in [0.717, 1.165) is 51.4 Å². The van der Waals surface area contributed by atoms with Gasteiger partial charge in [0.2, 0.25) is 6.29 Å². The topological polar surface area (TPSA) is 211 Å². The fraction of sp³-hybridized carbons (Fsp3) is 0.900. The van der Waals surface area contributed by atoms with Gasteiger partial charge in [0.05, 0.1) is 44.3 Å². The Balaban J connectivity index is -0.000000552. The second-order valence-corrected chi connectivity index (χ2v) is 17.8. The molecular formula is C50H98F3KN2O14. The number of methoxy groups -OCH3 is 4. The first-order valence-corrected chi connectivity index (χ1v) is 24.0. The zero-order chi connectivity index (χ0) is 50.8. The molecule has 2 aliphatic rings. The number of amides is 1. The number of halogens is 3. The molecule has 0 bridgehead atoms. The van der Waals surface area contributed by atoms with Gasteiger partial charge in [-0.2, -0.15) is 13.2 Å². The van der Waals surface area contributed by atoms with Gasteiger partial charge in [0.25, 0.3) is 0 Å². The number of hydrogen-bond donors (Lipinski definition) is 4. The predicted octanol–water partition coefficient (Wildman–Crippen LogP) is 4.29. The van der Waals surface area contributed by atoms with Gasteiger partial charge in [-0.15, -0.1) is 12.2 Å². The molecule has 2 aliphatic heterocycles. The molecule has 0 aromatic heterocycles. The smallest absolute Gasteiger partial charge is 0.850 e. The number of alkyl halides is 3. The van der Waals surface area contributed by atoms with Crippen LogP contribution in [0.1, 0.15) is 146 Å². The van der Waals surface area contributed by atoms with Crippen LogP contribution in [-0.2, 0) is 52.2 Å². The van der Waals surface area contributed by atoms with Crippen LogP contribution in [0.25, 0.3) is 0 Å². The number of aliphatic hydroxyl groups is 2. The summed E-state index contributed by atoms with van der Waals surface area (Å²) in [5, 5.41) is 33.3. The maximum atomic E-state index is 13.0. The molecule has 2 saturated heterocycles. The van der Waals surface area contributed by atoms with E-state index in [0.29, 0.717) is 13.0 Å². The van der Waals surface area contributed by atoms with E-state index in [1.807, 2.05) is 12.2 Å². The SMILES string of the molecule is C.C.C/C=C\O[C@H]1O[C@H](COC)[C@@H](O)[C@H](OCC[C@@H](CCCCCCC)OC)C1N.C=CCO[C@H]1O[C@H](COC)[C@@H](O)[C@H](OCC[C@@H](CCCCCCC)OC)C1NC(=O)C(F)(F)F.CC(C)(C)[O-].[K+]. The monoisotopic (exact) mass is 1050 g/mol. The van der Waals surface area contributed by atoms with Gasteiger partial charge in [-0.05, 0) is 32.6 Å². The Morgan fingerprint density at radius 3 is 1.59 bits per heavy atom. The van der Waals surface area contributed by atoms with E-state index in [1.54, 1.807) is 48.2 Å². The molecule has 0 radical (unpaired) electrons. The molecule has 0 aromatic rings. The number of rotatable bonds is 32. The van der Waals surface area contributed by atoms with Crippen LogP contribution in [0.5, 0.6) is 0 Å². The molecule has 2 fully saturated rings. The summed E-state index contributed by atoms with van der Waals surface area (Å²) >= 11 is 0. The van der Waals surface area contributed by atoms with Gasteiger partial charge in [0.1, 0.15) is 42.7 Å². The van der Waals surface area contributed by atoms with Crippen LogP contribution in [0.4, 0.5) is 13.2 Å². The molecule has 12 atom stereocenters. The summed E-state index contributed by atoms with van der Waals surface area (Å²) < 4.78 is 94.3. The largest absolute Gasteiger partial charge is 1.00 e. The Morgan fingerprint density at radius 2 is 1.19 bits per heavy atom. The minimum absolute atomic E-state index is 0. The summed E-state index contributed by atoms with van der Waals surface area (Å²) in [5.74, 6) is -2.18. The minimum atomic E-state index is -5.12. The van der Waals surface area contributed by atoms with Crippen molar-refractivity contribution in [3.63, 3.8) is 0 Å². The molecule has 0 aliphatic carbocycles. The Bertz CT molecular complexity index is 1250. The fourth-order valence-electron chi connectivity index (χ4n) is 7.22. The van der Waals surface area contributed by atoms with Crippen molar-refractivity contribution in [3.05, 3.63) is 25.0 Å². The number of ether oxygens (including phenoxy) is 10. The number of unbranched alkanes of at least 4 members (excludes halogenated alkanes) is 8. The maximum absolute atomic E-state index is 13.0. The van der Waals surface area contributed by atoms with Gasteiger partial charge in [0.15, 0.2) is 6.29 Å². The number of carbonyl (C=O) groups is 1. The van der Waals surface area contributed by atoms with Gasteiger partial charge in [-0.3, -0.25) is 4.79 Å². The quantitative estimate of drug-likeness (QED) is 0.0321. The zero-order valence-corrected chi connectivity index (χ0v) is 46.4. The van der Waals surface area contributed by atoms with Crippen molar-refractivity contribution in [2.75, 3.05) is 61.5 Å². The van der Waals surface area contributed by atoms with E-state index in [9.17, 15) is 33.3 Å². The molecule has 20 heteroatoms. The van der Waals surface area contributed by atoms with Crippen molar-refractivity contribution in [1.82, 2.24) is 5.32 Å². The first kappa shape index (κ1) is 76.2. The van der Waals surface area contributed by atoms with Crippen LogP contribution in [-0.4, -0.2) is 163 Å². The Hall–Kier alpha value is -0.344. The third-order valence-electron chi connectivity index (χ3n) is 10.8. The number of aliphatic hydroxyl groups excluding tert-OH is 2. The Labute approximate surface area is 463 Å². The van der Waals surface area contributed by atoms with Crippen LogP contribution in [0.3, 0.4) is 0 Å². The molecule has 5 N–H and O–H groups in total. The number of nitrogens with two attached hydrogens (primary N) is 1. The molecule has 2 rings (SSSR count). The summed E-state index contributed by atoms with van der Waals surface area (Å²) in [4.78, 5) is 11.7. The van der Waals surface area contributed by atoms with E-state index in [1.165, 1.54) is 51.6 Å². The fourth-order valence-corrected chi connectivity index (χ4v) is 7.22. The van der Waals surface area contributed by atoms with E-state index in [2.05, 4.69) is 20.4 Å². The van der Waals surface area contributed by atoms with Crippen molar-refractivity contribution in [2.24, 2.45) is 5.73 Å². The second kappa shape index (κ2) is 44.9. The first-order chi connectivity index (χ1) is 31.8. The van der Waals surface area contributed by atoms with Gasteiger partial charge in [0, 0.05) is 41.7 Å². The standard InChI is InChI=1S/C23H40F3NO7.C21H41NO6.C4H9O.2CH4.K/c1-5-7-8-9-10-11-16(31-4)12-14-32-20-18(27-22(29)23(24,25)26)21(33-13-6-2)34-17(15-30-3)19(20)28;1-5-7-8-9-10-11-16(25-4)12-14-26-20-18(22)21(27-13-6-2)28-17(15-24-3)19(20)23;1-4(2,3)5;;;/h6,16-21,28H,2,5,7-15H2,1,3-4H3,(H,27,29);6,13,16-21,23H,5,7-12,14-15,22H2,1-4H3;1-3H3;2*1H4;/q;;-1;;;+1/b;13-6-;;;;/t2*16-,17-,18?,19-,20-,21+;;;;/m11..../s1. The van der Waals surface area contributed by atoms with Crippen LogP contribution in [0, 0.1) is 0 Å². The number of hydrogen-bond acceptors (Lipinski definition) is 15. The summed E-state index contributed by atoms with van der Waals surface area (Å²) in [7, 11) is 6.29. The van der Waals surface area contributed by atoms with E-state index < -0.39 is 79.0 Å². The number of carbonyl (C=O) groups excluding carboxylic acids is 1. The van der Waals surface area contributed by atoms with E-state index in [4.69, 9.17) is 53.1 Å². The molecule has 0 aromatic carbocycles. The Kier molecular flexibility index (Phi) is 48.9. The van der Waals surface area contributed by atoms with Crippen molar-refractivity contribution in [2.45, 2.75) is 232 Å². The third kappa shape index (κ3) is 34.3. The third-order valence-corrected chi connectivity index (χ3v) is 10.8. The summed E-state index contributed by atoms with van der Waals surface area (Å²) in [6, 6.07) is -2.01. The van der Waals surface area contributed by atoms with Gasteiger partial charge >= 0.3 is 63.5 Å². The molecule has 2 unspecified atom stereocenters. The van der Waals surface area contributed by atoms with Crippen molar-refractivity contribution < 1.29 is 132 Å². The van der Waals surface area contributed by atoms with Gasteiger partial charge < -0.3 is 73.7 Å².